The van der Waals surface area contributed by atoms with Gasteiger partial charge in [-0.05, 0) is 66.5 Å². The minimum Gasteiger partial charge on any atom is -0.496 e. The van der Waals surface area contributed by atoms with Gasteiger partial charge in [-0.3, -0.25) is 4.79 Å². The molecule has 2 aliphatic rings. The number of aromatic nitrogens is 2. The van der Waals surface area contributed by atoms with Crippen LogP contribution in [-0.2, 0) is 4.79 Å². The fourth-order valence-electron chi connectivity index (χ4n) is 5.20. The van der Waals surface area contributed by atoms with Crippen molar-refractivity contribution in [1.29, 1.82) is 0 Å². The van der Waals surface area contributed by atoms with Crippen LogP contribution in [0.5, 0.6) is 5.75 Å². The number of hydrogen-bond donors (Lipinski definition) is 1. The van der Waals surface area contributed by atoms with Crippen LogP contribution in [0.3, 0.4) is 0 Å². The van der Waals surface area contributed by atoms with E-state index < -0.39 is 0 Å². The number of nitrogens with one attached hydrogen (secondary N) is 1. The number of amides is 1. The van der Waals surface area contributed by atoms with Gasteiger partial charge in [0, 0.05) is 42.9 Å². The van der Waals surface area contributed by atoms with Crippen LogP contribution in [0.2, 0.25) is 0 Å². The molecule has 1 saturated carbocycles. The number of carbonyl (C=O) groups is 1. The third kappa shape index (κ3) is 3.07. The maximum Gasteiger partial charge on any atom is 0.219 e. The highest BCUT2D eigenvalue weighted by Crippen LogP contribution is 2.47. The Hall–Kier alpha value is -2.89. The second-order valence-corrected chi connectivity index (χ2v) is 8.30. The minimum absolute atomic E-state index is 0.180. The number of hydrogen-bond acceptors (Lipinski definition) is 3. The fourth-order valence-corrected chi connectivity index (χ4v) is 5.20. The molecule has 3 atom stereocenters. The highest BCUT2D eigenvalue weighted by atomic mass is 19.1. The van der Waals surface area contributed by atoms with Gasteiger partial charge in [0.05, 0.1) is 7.11 Å². The van der Waals surface area contributed by atoms with Gasteiger partial charge in [0.25, 0.3) is 0 Å². The molecule has 0 unspecified atom stereocenters. The lowest BCUT2D eigenvalue weighted by atomic mass is 9.99. The zero-order chi connectivity index (χ0) is 20.1. The summed E-state index contributed by atoms with van der Waals surface area (Å²) in [5.41, 5.74) is 3.63. The van der Waals surface area contributed by atoms with Crippen molar-refractivity contribution >= 4 is 16.9 Å². The topological polar surface area (TPSA) is 58.2 Å². The van der Waals surface area contributed by atoms with Crippen LogP contribution in [0.4, 0.5) is 4.39 Å². The number of pyridine rings is 1. The van der Waals surface area contributed by atoms with Crippen molar-refractivity contribution in [2.24, 2.45) is 11.8 Å². The minimum atomic E-state index is -0.292. The van der Waals surface area contributed by atoms with E-state index in [-0.39, 0.29) is 11.7 Å². The number of rotatable bonds is 3. The molecule has 3 heterocycles. The average Bonchev–Trinajstić information content (AvgIpc) is 3.39. The number of fused-ring (bicyclic) bond motifs is 2. The van der Waals surface area contributed by atoms with Crippen molar-refractivity contribution in [1.82, 2.24) is 14.9 Å². The van der Waals surface area contributed by atoms with Crippen LogP contribution in [0.1, 0.15) is 31.4 Å². The molecule has 2 fully saturated rings. The molecule has 0 radical (unpaired) electrons. The van der Waals surface area contributed by atoms with E-state index in [2.05, 4.69) is 16.0 Å². The van der Waals surface area contributed by atoms with Gasteiger partial charge in [-0.15, -0.1) is 0 Å². The van der Waals surface area contributed by atoms with Gasteiger partial charge in [-0.25, -0.2) is 9.37 Å². The van der Waals surface area contributed by atoms with Crippen molar-refractivity contribution in [3.63, 3.8) is 0 Å². The Labute approximate surface area is 168 Å². The molecular formula is C23H24FN3O2. The summed E-state index contributed by atoms with van der Waals surface area (Å²) in [6.45, 7) is 3.41. The Kier molecular flexibility index (Phi) is 4.30. The summed E-state index contributed by atoms with van der Waals surface area (Å²) in [4.78, 5) is 21.6. The van der Waals surface area contributed by atoms with E-state index in [1.54, 1.807) is 26.3 Å². The van der Waals surface area contributed by atoms with Gasteiger partial charge < -0.3 is 14.6 Å². The zero-order valence-electron chi connectivity index (χ0n) is 16.6. The monoisotopic (exact) mass is 393 g/mol. The molecule has 3 aromatic rings. The van der Waals surface area contributed by atoms with Crippen LogP contribution in [0.25, 0.3) is 22.2 Å². The summed E-state index contributed by atoms with van der Waals surface area (Å²) < 4.78 is 19.4. The summed E-state index contributed by atoms with van der Waals surface area (Å²) in [6, 6.07) is 8.65. The zero-order valence-corrected chi connectivity index (χ0v) is 16.6. The summed E-state index contributed by atoms with van der Waals surface area (Å²) in [6.07, 6.45) is 3.91. The first kappa shape index (κ1) is 18.2. The molecule has 2 aromatic heterocycles. The first-order valence-electron chi connectivity index (χ1n) is 10.1. The number of ether oxygens (including phenoxy) is 1. The molecule has 5 nitrogen and oxygen atoms in total. The Morgan fingerprint density at radius 1 is 1.17 bits per heavy atom. The number of H-pyrrole nitrogens is 1. The van der Waals surface area contributed by atoms with Crippen LogP contribution < -0.4 is 4.74 Å². The quantitative estimate of drug-likeness (QED) is 0.720. The van der Waals surface area contributed by atoms with Gasteiger partial charge >= 0.3 is 0 Å². The van der Waals surface area contributed by atoms with Crippen molar-refractivity contribution in [2.75, 3.05) is 20.2 Å². The average molecular weight is 393 g/mol. The first-order chi connectivity index (χ1) is 14.0. The molecule has 5 rings (SSSR count). The molecule has 29 heavy (non-hydrogen) atoms. The molecule has 1 aliphatic heterocycles. The summed E-state index contributed by atoms with van der Waals surface area (Å²) >= 11 is 0. The molecular weight excluding hydrogens is 369 g/mol. The molecule has 150 valence electrons. The van der Waals surface area contributed by atoms with E-state index in [1.165, 1.54) is 17.8 Å². The van der Waals surface area contributed by atoms with Gasteiger partial charge in [-0.1, -0.05) is 0 Å². The smallest absolute Gasteiger partial charge is 0.219 e. The van der Waals surface area contributed by atoms with E-state index >= 15 is 0 Å². The van der Waals surface area contributed by atoms with Crippen LogP contribution in [0.15, 0.2) is 36.5 Å². The molecule has 0 bridgehead atoms. The normalized spacial score (nSPS) is 23.6. The Morgan fingerprint density at radius 2 is 1.93 bits per heavy atom. The number of likely N-dealkylation sites (tertiary alicyclic amines) is 1. The van der Waals surface area contributed by atoms with Crippen molar-refractivity contribution < 1.29 is 13.9 Å². The Morgan fingerprint density at radius 3 is 2.62 bits per heavy atom. The van der Waals surface area contributed by atoms with Crippen molar-refractivity contribution in [2.45, 2.75) is 25.7 Å². The van der Waals surface area contributed by atoms with Gasteiger partial charge in [0.2, 0.25) is 5.91 Å². The molecule has 0 spiro atoms. The van der Waals surface area contributed by atoms with Gasteiger partial charge in [-0.2, -0.15) is 0 Å². The maximum atomic E-state index is 13.9. The predicted molar refractivity (Wildman–Crippen MR) is 109 cm³/mol. The molecule has 1 aromatic carbocycles. The predicted octanol–water partition coefficient (Wildman–Crippen LogP) is 4.35. The lowest BCUT2D eigenvalue weighted by Crippen LogP contribution is -2.27. The van der Waals surface area contributed by atoms with Crippen LogP contribution in [0, 0.1) is 17.7 Å². The standard InChI is InChI=1S/C23H24FN3O2/c1-13(28)27-11-15-7-14(8-16(15)12-27)21-10-20-18(5-6-25-23(20)26-21)19-9-17(24)3-4-22(19)29-2/h3-6,9-10,14-16H,7-8,11-12H2,1-2H3,(H,25,26)/t14-,15+,16-. The second-order valence-electron chi connectivity index (χ2n) is 8.30. The number of halogens is 1. The highest BCUT2D eigenvalue weighted by molar-refractivity contribution is 5.95. The van der Waals surface area contributed by atoms with E-state index in [1.807, 2.05) is 11.0 Å². The number of aromatic amines is 1. The van der Waals surface area contributed by atoms with Crippen molar-refractivity contribution in [3.8, 4) is 16.9 Å². The number of benzene rings is 1. The Balaban J connectivity index is 1.48. The molecule has 1 amide bonds. The van der Waals surface area contributed by atoms with Crippen LogP contribution in [-0.4, -0.2) is 41.0 Å². The van der Waals surface area contributed by atoms with E-state index in [0.717, 1.165) is 48.1 Å². The highest BCUT2D eigenvalue weighted by Gasteiger charge is 2.42. The van der Waals surface area contributed by atoms with Gasteiger partial charge in [0.15, 0.2) is 0 Å². The number of nitrogens with zero attached hydrogens (tertiary/aromatic N) is 2. The SMILES string of the molecule is COc1ccc(F)cc1-c1ccnc2[nH]c([C@H]3C[C@@H]4CN(C(C)=O)C[C@@H]4C3)cc12. The Bertz CT molecular complexity index is 1080. The largest absolute Gasteiger partial charge is 0.496 e. The van der Waals surface area contributed by atoms with Crippen molar-refractivity contribution in [3.05, 3.63) is 48.0 Å². The number of methoxy groups -OCH3 is 1. The van der Waals surface area contributed by atoms with Gasteiger partial charge in [0.1, 0.15) is 17.2 Å². The lowest BCUT2D eigenvalue weighted by molar-refractivity contribution is -0.128. The molecule has 6 heteroatoms. The van der Waals surface area contributed by atoms with E-state index in [0.29, 0.717) is 23.5 Å². The molecule has 1 saturated heterocycles. The number of carbonyl (C=O) groups excluding carboxylic acids is 1. The molecule has 1 aliphatic carbocycles. The second kappa shape index (κ2) is 6.87. The summed E-state index contributed by atoms with van der Waals surface area (Å²) in [5, 5.41) is 0.980. The maximum absolute atomic E-state index is 13.9. The first-order valence-corrected chi connectivity index (χ1v) is 10.1. The van der Waals surface area contributed by atoms with E-state index in [4.69, 9.17) is 4.74 Å². The lowest BCUT2D eigenvalue weighted by Gasteiger charge is -2.16. The fraction of sp³-hybridized carbons (Fsp3) is 0.391. The van der Waals surface area contributed by atoms with Crippen LogP contribution >= 0.6 is 0 Å². The third-order valence-corrected chi connectivity index (χ3v) is 6.64. The summed E-state index contributed by atoms with van der Waals surface area (Å²) in [5.74, 6) is 2.12. The third-order valence-electron chi connectivity index (χ3n) is 6.64. The van der Waals surface area contributed by atoms with E-state index in [9.17, 15) is 9.18 Å². The molecule has 1 N–H and O–H groups in total. The summed E-state index contributed by atoms with van der Waals surface area (Å²) in [7, 11) is 1.60.